The molecule has 0 aromatic rings. The average Bonchev–Trinajstić information content (AvgIpc) is 3.12. The monoisotopic (exact) mass is 748 g/mol. The van der Waals surface area contributed by atoms with Crippen molar-refractivity contribution in [1.82, 2.24) is 0 Å². The largest absolute Gasteiger partial charge is 0.472 e. The van der Waals surface area contributed by atoms with Crippen molar-refractivity contribution >= 4 is 13.8 Å². The summed E-state index contributed by atoms with van der Waals surface area (Å²) in [4.78, 5) is 22.4. The summed E-state index contributed by atoms with van der Waals surface area (Å²) in [6, 6.07) is 0. The zero-order valence-corrected chi connectivity index (χ0v) is 34.8. The van der Waals surface area contributed by atoms with Crippen LogP contribution in [-0.2, 0) is 27.9 Å². The maximum absolute atomic E-state index is 12.5. The van der Waals surface area contributed by atoms with Crippen molar-refractivity contribution in [2.24, 2.45) is 5.73 Å². The summed E-state index contributed by atoms with van der Waals surface area (Å²) in [5.74, 6) is -0.327. The molecule has 8 nitrogen and oxygen atoms in total. The minimum absolute atomic E-state index is 0.0903. The van der Waals surface area contributed by atoms with Gasteiger partial charge in [0.1, 0.15) is 6.10 Å². The van der Waals surface area contributed by atoms with Crippen LogP contribution < -0.4 is 5.73 Å². The van der Waals surface area contributed by atoms with E-state index in [9.17, 15) is 14.3 Å². The zero-order valence-electron chi connectivity index (χ0n) is 33.9. The van der Waals surface area contributed by atoms with Gasteiger partial charge in [-0.25, -0.2) is 4.57 Å². The van der Waals surface area contributed by atoms with E-state index in [1.807, 2.05) is 0 Å². The molecule has 0 aromatic carbocycles. The molecule has 0 aliphatic heterocycles. The van der Waals surface area contributed by atoms with Gasteiger partial charge >= 0.3 is 13.8 Å². The van der Waals surface area contributed by atoms with E-state index >= 15 is 0 Å². The highest BCUT2D eigenvalue weighted by atomic mass is 31.2. The Kier molecular flexibility index (Phi) is 40.3. The number of esters is 1. The molecule has 2 unspecified atom stereocenters. The van der Waals surface area contributed by atoms with Crippen LogP contribution in [0.15, 0.2) is 0 Å². The number of ether oxygens (including phenoxy) is 2. The van der Waals surface area contributed by atoms with Gasteiger partial charge in [0, 0.05) is 19.6 Å². The Morgan fingerprint density at radius 3 is 1.24 bits per heavy atom. The maximum Gasteiger partial charge on any atom is 0.472 e. The molecule has 0 bridgehead atoms. The molecule has 0 aliphatic rings. The van der Waals surface area contributed by atoms with E-state index in [1.165, 1.54) is 173 Å². The molecule has 0 amide bonds. The predicted molar refractivity (Wildman–Crippen MR) is 215 cm³/mol. The topological polar surface area (TPSA) is 117 Å². The molecule has 0 rings (SSSR count). The number of hydrogen-bond acceptors (Lipinski definition) is 7. The van der Waals surface area contributed by atoms with E-state index in [2.05, 4.69) is 13.8 Å². The minimum Gasteiger partial charge on any atom is -0.457 e. The second-order valence-electron chi connectivity index (χ2n) is 14.9. The predicted octanol–water partition coefficient (Wildman–Crippen LogP) is 12.9. The Morgan fingerprint density at radius 1 is 0.510 bits per heavy atom. The lowest BCUT2D eigenvalue weighted by molar-refractivity contribution is -0.154. The molecule has 3 N–H and O–H groups in total. The van der Waals surface area contributed by atoms with Crippen LogP contribution in [-0.4, -0.2) is 49.9 Å². The summed E-state index contributed by atoms with van der Waals surface area (Å²) in [7, 11) is -4.26. The fourth-order valence-electron chi connectivity index (χ4n) is 6.53. The molecule has 0 aliphatic carbocycles. The maximum atomic E-state index is 12.5. The fourth-order valence-corrected chi connectivity index (χ4v) is 7.29. The number of unbranched alkanes of at least 4 members (excludes halogenated alkanes) is 30. The van der Waals surface area contributed by atoms with Crippen LogP contribution in [0, 0.1) is 0 Å². The molecular formula is C42H86NO7P. The lowest BCUT2D eigenvalue weighted by Crippen LogP contribution is -2.28. The van der Waals surface area contributed by atoms with Gasteiger partial charge in [-0.15, -0.1) is 0 Å². The number of hydrogen-bond donors (Lipinski definition) is 2. The third-order valence-electron chi connectivity index (χ3n) is 9.77. The van der Waals surface area contributed by atoms with Gasteiger partial charge in [0.2, 0.25) is 0 Å². The Morgan fingerprint density at radius 2 is 0.863 bits per heavy atom. The number of nitrogens with two attached hydrogens (primary N) is 1. The standard InChI is InChI=1S/C42H86NO7P/c1-3-5-7-9-11-13-15-16-17-18-19-20-21-22-23-24-25-26-28-30-32-34-37-47-39-41(40-49-51(45,46)48-38-36-43)50-42(44)35-33-31-29-27-14-12-10-8-6-4-2/h41H,3-40,43H2,1-2H3,(H,45,46). The molecule has 2 atom stereocenters. The van der Waals surface area contributed by atoms with Crippen molar-refractivity contribution in [3.05, 3.63) is 0 Å². The minimum atomic E-state index is -4.26. The van der Waals surface area contributed by atoms with Crippen LogP contribution in [0.2, 0.25) is 0 Å². The van der Waals surface area contributed by atoms with E-state index in [-0.39, 0.29) is 32.3 Å². The smallest absolute Gasteiger partial charge is 0.457 e. The zero-order chi connectivity index (χ0) is 37.4. The van der Waals surface area contributed by atoms with E-state index < -0.39 is 13.9 Å². The van der Waals surface area contributed by atoms with Gasteiger partial charge in [-0.3, -0.25) is 13.8 Å². The van der Waals surface area contributed by atoms with Crippen molar-refractivity contribution in [3.63, 3.8) is 0 Å². The van der Waals surface area contributed by atoms with Crippen LogP contribution in [0.3, 0.4) is 0 Å². The summed E-state index contributed by atoms with van der Waals surface area (Å²) in [6.07, 6.45) is 41.3. The number of rotatable bonds is 43. The number of phosphoric acid groups is 1. The average molecular weight is 748 g/mol. The highest BCUT2D eigenvalue weighted by Gasteiger charge is 2.25. The lowest BCUT2D eigenvalue weighted by atomic mass is 10.0. The Balaban J connectivity index is 3.85. The van der Waals surface area contributed by atoms with Gasteiger partial charge in [0.15, 0.2) is 0 Å². The van der Waals surface area contributed by atoms with Crippen molar-refractivity contribution in [1.29, 1.82) is 0 Å². The molecule has 0 spiro atoms. The van der Waals surface area contributed by atoms with Gasteiger partial charge < -0.3 is 20.1 Å². The third kappa shape index (κ3) is 40.5. The quantitative estimate of drug-likeness (QED) is 0.0360. The first-order valence-electron chi connectivity index (χ1n) is 22.0. The molecule has 0 radical (unpaired) electrons. The second kappa shape index (κ2) is 40.7. The molecule has 9 heteroatoms. The third-order valence-corrected chi connectivity index (χ3v) is 10.8. The highest BCUT2D eigenvalue weighted by Crippen LogP contribution is 2.43. The Hall–Kier alpha value is -0.500. The molecule has 0 fully saturated rings. The van der Waals surface area contributed by atoms with Crippen LogP contribution in [0.5, 0.6) is 0 Å². The highest BCUT2D eigenvalue weighted by molar-refractivity contribution is 7.47. The normalized spacial score (nSPS) is 13.4. The molecule has 306 valence electrons. The van der Waals surface area contributed by atoms with Crippen LogP contribution >= 0.6 is 7.82 Å². The molecular weight excluding hydrogens is 661 g/mol. The Bertz CT molecular complexity index is 757. The summed E-state index contributed by atoms with van der Waals surface area (Å²) in [5, 5.41) is 0. The van der Waals surface area contributed by atoms with E-state index in [4.69, 9.17) is 24.3 Å². The molecule has 0 aromatic heterocycles. The summed E-state index contributed by atoms with van der Waals surface area (Å²) in [5.41, 5.74) is 5.36. The Labute approximate surface area is 316 Å². The van der Waals surface area contributed by atoms with E-state index in [0.717, 1.165) is 32.1 Å². The van der Waals surface area contributed by atoms with E-state index in [1.54, 1.807) is 0 Å². The first-order valence-corrected chi connectivity index (χ1v) is 23.5. The van der Waals surface area contributed by atoms with Crippen molar-refractivity contribution < 1.29 is 32.8 Å². The number of phosphoric ester groups is 1. The van der Waals surface area contributed by atoms with Crippen molar-refractivity contribution in [2.45, 2.75) is 232 Å². The van der Waals surface area contributed by atoms with E-state index in [0.29, 0.717) is 13.0 Å². The molecule has 0 heterocycles. The van der Waals surface area contributed by atoms with Crippen molar-refractivity contribution in [2.75, 3.05) is 33.0 Å². The van der Waals surface area contributed by atoms with Crippen LogP contribution in [0.25, 0.3) is 0 Å². The lowest BCUT2D eigenvalue weighted by Gasteiger charge is -2.20. The number of carbonyl (C=O) groups excluding carboxylic acids is 1. The van der Waals surface area contributed by atoms with Crippen LogP contribution in [0.1, 0.15) is 226 Å². The SMILES string of the molecule is CCCCCCCCCCCCCCCCCCCCCCCCOCC(COP(=O)(O)OCCN)OC(=O)CCCCCCCCCCCC. The van der Waals surface area contributed by atoms with Gasteiger partial charge in [0.05, 0.1) is 19.8 Å². The summed E-state index contributed by atoms with van der Waals surface area (Å²) in [6.45, 7) is 4.96. The van der Waals surface area contributed by atoms with Gasteiger partial charge in [-0.05, 0) is 12.8 Å². The van der Waals surface area contributed by atoms with Crippen molar-refractivity contribution in [3.8, 4) is 0 Å². The molecule has 0 saturated carbocycles. The summed E-state index contributed by atoms with van der Waals surface area (Å²) < 4.78 is 33.4. The fraction of sp³-hybridized carbons (Fsp3) is 0.976. The van der Waals surface area contributed by atoms with Crippen LogP contribution in [0.4, 0.5) is 0 Å². The molecule has 0 saturated heterocycles. The summed E-state index contributed by atoms with van der Waals surface area (Å²) >= 11 is 0. The molecule has 51 heavy (non-hydrogen) atoms. The van der Waals surface area contributed by atoms with Gasteiger partial charge in [-0.2, -0.15) is 0 Å². The number of carbonyl (C=O) groups is 1. The first kappa shape index (κ1) is 50.5. The van der Waals surface area contributed by atoms with Gasteiger partial charge in [-0.1, -0.05) is 206 Å². The second-order valence-corrected chi connectivity index (χ2v) is 16.4. The van der Waals surface area contributed by atoms with Gasteiger partial charge in [0.25, 0.3) is 0 Å². The first-order chi connectivity index (χ1) is 24.9.